The molecule has 1 aromatic heterocycles. The minimum absolute atomic E-state index is 0.0576. The topological polar surface area (TPSA) is 134 Å². The highest BCUT2D eigenvalue weighted by atomic mass is 19.3. The van der Waals surface area contributed by atoms with Gasteiger partial charge in [-0.15, -0.1) is 0 Å². The van der Waals surface area contributed by atoms with Crippen LogP contribution in [0.1, 0.15) is 35.2 Å². The highest BCUT2D eigenvalue weighted by Gasteiger charge is 2.62. The fraction of sp³-hybridized carbons (Fsp3) is 0.375. The number of nitrogens with zero attached hydrogens (tertiary/aromatic N) is 4. The van der Waals surface area contributed by atoms with Crippen molar-refractivity contribution >= 4 is 24.0 Å². The SMILES string of the molecule is Cc1cnc(NC(C=NC2CCN(C(=O)C3CC3(F)F)CC2)=CN)nc1-c1ccc(C(=O)O)cc1. The number of aliphatic imine (C=N–C) groups is 1. The average Bonchev–Trinajstić information content (AvgIpc) is 3.50. The molecule has 1 saturated carbocycles. The third kappa shape index (κ3) is 5.61. The zero-order valence-electron chi connectivity index (χ0n) is 19.1. The van der Waals surface area contributed by atoms with Crippen LogP contribution in [-0.2, 0) is 4.79 Å². The number of aryl methyl sites for hydroxylation is 1. The average molecular weight is 485 g/mol. The van der Waals surface area contributed by atoms with Crippen LogP contribution in [0.4, 0.5) is 14.7 Å². The van der Waals surface area contributed by atoms with E-state index in [4.69, 9.17) is 10.8 Å². The van der Waals surface area contributed by atoms with Crippen molar-refractivity contribution < 1.29 is 23.5 Å². The molecule has 35 heavy (non-hydrogen) atoms. The highest BCUT2D eigenvalue weighted by Crippen LogP contribution is 2.49. The molecule has 2 aromatic rings. The largest absolute Gasteiger partial charge is 0.478 e. The fourth-order valence-electron chi connectivity index (χ4n) is 3.93. The van der Waals surface area contributed by atoms with Crippen LogP contribution in [0.25, 0.3) is 11.3 Å². The summed E-state index contributed by atoms with van der Waals surface area (Å²) in [5, 5.41) is 12.1. The first-order valence-corrected chi connectivity index (χ1v) is 11.2. The van der Waals surface area contributed by atoms with E-state index in [0.29, 0.717) is 43.3 Å². The Morgan fingerprint density at radius 2 is 1.91 bits per heavy atom. The van der Waals surface area contributed by atoms with Gasteiger partial charge in [-0.1, -0.05) is 12.1 Å². The zero-order valence-corrected chi connectivity index (χ0v) is 19.1. The number of nitrogens with two attached hydrogens (primary N) is 1. The number of hydrogen-bond donors (Lipinski definition) is 3. The van der Waals surface area contributed by atoms with E-state index in [1.165, 1.54) is 23.2 Å². The summed E-state index contributed by atoms with van der Waals surface area (Å²) in [6.45, 7) is 2.65. The minimum Gasteiger partial charge on any atom is -0.478 e. The number of rotatable bonds is 7. The maximum atomic E-state index is 13.2. The molecule has 2 heterocycles. The van der Waals surface area contributed by atoms with E-state index in [1.54, 1.807) is 24.5 Å². The Kier molecular flexibility index (Phi) is 6.77. The molecule has 1 amide bonds. The van der Waals surface area contributed by atoms with Crippen LogP contribution in [0.2, 0.25) is 0 Å². The molecular formula is C24H26F2N6O3. The number of piperidine rings is 1. The lowest BCUT2D eigenvalue weighted by Crippen LogP contribution is -2.41. The van der Waals surface area contributed by atoms with Crippen LogP contribution in [0.3, 0.4) is 0 Å². The molecule has 4 N–H and O–H groups in total. The van der Waals surface area contributed by atoms with Crippen molar-refractivity contribution in [2.24, 2.45) is 16.6 Å². The number of halogens is 2. The Morgan fingerprint density at radius 3 is 2.49 bits per heavy atom. The maximum absolute atomic E-state index is 13.2. The van der Waals surface area contributed by atoms with Gasteiger partial charge in [-0.05, 0) is 37.5 Å². The summed E-state index contributed by atoms with van der Waals surface area (Å²) in [5.74, 6) is -5.18. The summed E-state index contributed by atoms with van der Waals surface area (Å²) >= 11 is 0. The molecule has 1 atom stereocenters. The second-order valence-corrected chi connectivity index (χ2v) is 8.71. The number of likely N-dealkylation sites (tertiary alicyclic amines) is 1. The molecule has 1 unspecified atom stereocenters. The van der Waals surface area contributed by atoms with Crippen molar-refractivity contribution in [2.75, 3.05) is 18.4 Å². The van der Waals surface area contributed by atoms with E-state index in [0.717, 1.165) is 11.1 Å². The molecule has 0 radical (unpaired) electrons. The lowest BCUT2D eigenvalue weighted by Gasteiger charge is -2.30. The number of alkyl halides is 2. The molecule has 4 rings (SSSR count). The van der Waals surface area contributed by atoms with Gasteiger partial charge in [0.15, 0.2) is 0 Å². The number of carbonyl (C=O) groups excluding carboxylic acids is 1. The van der Waals surface area contributed by atoms with E-state index >= 15 is 0 Å². The molecule has 11 heteroatoms. The van der Waals surface area contributed by atoms with Gasteiger partial charge in [0.2, 0.25) is 11.9 Å². The highest BCUT2D eigenvalue weighted by molar-refractivity contribution is 5.88. The van der Waals surface area contributed by atoms with Gasteiger partial charge in [-0.2, -0.15) is 0 Å². The van der Waals surface area contributed by atoms with Crippen LogP contribution in [-0.4, -0.2) is 63.1 Å². The van der Waals surface area contributed by atoms with Crippen LogP contribution in [0.5, 0.6) is 0 Å². The third-order valence-corrected chi connectivity index (χ3v) is 6.14. The molecule has 2 fully saturated rings. The number of carboxylic acid groups (broad SMARTS) is 1. The number of hydrogen-bond acceptors (Lipinski definition) is 7. The number of carbonyl (C=O) groups is 2. The Balaban J connectivity index is 1.36. The van der Waals surface area contributed by atoms with Gasteiger partial charge in [0.25, 0.3) is 5.92 Å². The Bertz CT molecular complexity index is 1170. The van der Waals surface area contributed by atoms with Gasteiger partial charge in [0.1, 0.15) is 5.92 Å². The van der Waals surface area contributed by atoms with Crippen molar-refractivity contribution in [3.8, 4) is 11.3 Å². The Hall–Kier alpha value is -3.89. The quantitative estimate of drug-likeness (QED) is 0.514. The van der Waals surface area contributed by atoms with E-state index < -0.39 is 23.7 Å². The van der Waals surface area contributed by atoms with Crippen LogP contribution >= 0.6 is 0 Å². The number of aromatic carboxylic acids is 1. The van der Waals surface area contributed by atoms with Gasteiger partial charge in [0, 0.05) is 43.7 Å². The van der Waals surface area contributed by atoms with Gasteiger partial charge < -0.3 is 21.1 Å². The predicted octanol–water partition coefficient (Wildman–Crippen LogP) is 3.08. The number of allylic oxidation sites excluding steroid dienone is 1. The standard InChI is InChI=1S/C24H26F2N6O3/c1-14-12-29-23(31-20(14)15-2-4-16(5-3-15)22(34)35)30-18(11-27)13-28-17-6-8-32(9-7-17)21(33)19-10-24(19,25)26/h2-5,11-13,17,19H,6-10,27H2,1H3,(H,34,35)(H,29,30,31). The second kappa shape index (κ2) is 9.77. The molecule has 1 aliphatic heterocycles. The first-order valence-electron chi connectivity index (χ1n) is 11.2. The third-order valence-electron chi connectivity index (χ3n) is 6.14. The molecule has 0 bridgehead atoms. The lowest BCUT2D eigenvalue weighted by atomic mass is 10.1. The van der Waals surface area contributed by atoms with Gasteiger partial charge in [0.05, 0.1) is 23.0 Å². The van der Waals surface area contributed by atoms with E-state index in [1.807, 2.05) is 6.92 Å². The first kappa shape index (κ1) is 24.2. The smallest absolute Gasteiger partial charge is 0.335 e. The molecule has 1 saturated heterocycles. The lowest BCUT2D eigenvalue weighted by molar-refractivity contribution is -0.135. The van der Waals surface area contributed by atoms with Crippen LogP contribution in [0, 0.1) is 12.8 Å². The number of benzene rings is 1. The molecule has 184 valence electrons. The monoisotopic (exact) mass is 484 g/mol. The van der Waals surface area contributed by atoms with Crippen LogP contribution < -0.4 is 11.1 Å². The number of carboxylic acids is 1. The van der Waals surface area contributed by atoms with E-state index in [2.05, 4.69) is 20.3 Å². The molecule has 1 aromatic carbocycles. The Labute approximate surface area is 200 Å². The first-order chi connectivity index (χ1) is 16.7. The van der Waals surface area contributed by atoms with Crippen molar-refractivity contribution in [2.45, 2.75) is 38.2 Å². The summed E-state index contributed by atoms with van der Waals surface area (Å²) in [5.41, 5.74) is 8.60. The van der Waals surface area contributed by atoms with Crippen LogP contribution in [0.15, 0.2) is 47.4 Å². The molecule has 2 aliphatic rings. The maximum Gasteiger partial charge on any atom is 0.335 e. The molecule has 0 spiro atoms. The van der Waals surface area contributed by atoms with Crippen molar-refractivity contribution in [1.29, 1.82) is 0 Å². The summed E-state index contributed by atoms with van der Waals surface area (Å²) in [6.07, 6.45) is 5.36. The molecule has 9 nitrogen and oxygen atoms in total. The summed E-state index contributed by atoms with van der Waals surface area (Å²) in [7, 11) is 0. The van der Waals surface area contributed by atoms with Crippen molar-refractivity contribution in [3.63, 3.8) is 0 Å². The normalized spacial score (nSPS) is 20.1. The number of anilines is 1. The van der Waals surface area contributed by atoms with E-state index in [9.17, 15) is 18.4 Å². The van der Waals surface area contributed by atoms with E-state index in [-0.39, 0.29) is 18.0 Å². The number of aromatic nitrogens is 2. The fourth-order valence-corrected chi connectivity index (χ4v) is 3.93. The minimum atomic E-state index is -2.85. The summed E-state index contributed by atoms with van der Waals surface area (Å²) < 4.78 is 26.3. The van der Waals surface area contributed by atoms with Gasteiger partial charge >= 0.3 is 5.97 Å². The number of nitrogens with one attached hydrogen (secondary N) is 1. The van der Waals surface area contributed by atoms with Crippen molar-refractivity contribution in [1.82, 2.24) is 14.9 Å². The molecular weight excluding hydrogens is 458 g/mol. The predicted molar refractivity (Wildman–Crippen MR) is 126 cm³/mol. The zero-order chi connectivity index (χ0) is 25.2. The number of amides is 1. The summed E-state index contributed by atoms with van der Waals surface area (Å²) in [6, 6.07) is 6.34. The molecule has 1 aliphatic carbocycles. The summed E-state index contributed by atoms with van der Waals surface area (Å²) in [4.78, 5) is 38.0. The van der Waals surface area contributed by atoms with Crippen molar-refractivity contribution in [3.05, 3.63) is 53.5 Å². The second-order valence-electron chi connectivity index (χ2n) is 8.71. The van der Waals surface area contributed by atoms with Gasteiger partial charge in [-0.3, -0.25) is 9.79 Å². The van der Waals surface area contributed by atoms with Gasteiger partial charge in [-0.25, -0.2) is 23.5 Å². The Morgan fingerprint density at radius 1 is 1.26 bits per heavy atom.